The van der Waals surface area contributed by atoms with Gasteiger partial charge in [-0.05, 0) is 43.4 Å². The lowest BCUT2D eigenvalue weighted by Crippen LogP contribution is -2.22. The van der Waals surface area contributed by atoms with Crippen molar-refractivity contribution in [2.75, 3.05) is 23.3 Å². The van der Waals surface area contributed by atoms with Gasteiger partial charge in [0.2, 0.25) is 11.8 Å². The Morgan fingerprint density at radius 3 is 2.55 bits per heavy atom. The van der Waals surface area contributed by atoms with Crippen LogP contribution in [-0.2, 0) is 4.79 Å². The van der Waals surface area contributed by atoms with Crippen LogP contribution in [0, 0.1) is 5.92 Å². The molecule has 0 aliphatic carbocycles. The molecule has 1 aromatic carbocycles. The average Bonchev–Trinajstić information content (AvgIpc) is 2.99. The first kappa shape index (κ1) is 16.3. The number of amides is 2. The van der Waals surface area contributed by atoms with E-state index in [0.29, 0.717) is 23.6 Å². The molecule has 22 heavy (non-hydrogen) atoms. The second-order valence-electron chi connectivity index (χ2n) is 6.27. The fraction of sp³-hybridized carbons (Fsp3) is 0.529. The Bertz CT molecular complexity index is 549. The van der Waals surface area contributed by atoms with E-state index in [1.807, 2.05) is 6.07 Å². The number of nitrogens with zero attached hydrogens (tertiary/aromatic N) is 1. The number of rotatable bonds is 6. The summed E-state index contributed by atoms with van der Waals surface area (Å²) in [5.41, 5.74) is 7.43. The van der Waals surface area contributed by atoms with Gasteiger partial charge >= 0.3 is 0 Å². The third kappa shape index (κ3) is 4.23. The van der Waals surface area contributed by atoms with Gasteiger partial charge in [-0.1, -0.05) is 13.8 Å². The van der Waals surface area contributed by atoms with Crippen LogP contribution in [-0.4, -0.2) is 24.9 Å². The number of primary amides is 1. The van der Waals surface area contributed by atoms with Crippen LogP contribution < -0.4 is 16.0 Å². The summed E-state index contributed by atoms with van der Waals surface area (Å²) in [6, 6.07) is 5.28. The van der Waals surface area contributed by atoms with E-state index in [9.17, 15) is 9.59 Å². The van der Waals surface area contributed by atoms with Crippen LogP contribution in [0.3, 0.4) is 0 Å². The van der Waals surface area contributed by atoms with E-state index in [-0.39, 0.29) is 5.91 Å². The number of benzene rings is 1. The van der Waals surface area contributed by atoms with E-state index in [0.717, 1.165) is 38.0 Å². The van der Waals surface area contributed by atoms with Gasteiger partial charge in [-0.2, -0.15) is 0 Å². The van der Waals surface area contributed by atoms with Crippen LogP contribution in [0.15, 0.2) is 18.2 Å². The lowest BCUT2D eigenvalue weighted by atomic mass is 10.1. The summed E-state index contributed by atoms with van der Waals surface area (Å²) in [5.74, 6) is -0.0119. The minimum absolute atomic E-state index is 0.0178. The number of anilines is 2. The molecule has 0 radical (unpaired) electrons. The molecule has 1 aliphatic heterocycles. The molecule has 1 aliphatic rings. The minimum Gasteiger partial charge on any atom is -0.370 e. The highest BCUT2D eigenvalue weighted by Gasteiger charge is 2.18. The molecule has 1 saturated heterocycles. The standard InChI is InChI=1S/C17H25N3O2/c1-12(2)5-8-16(21)19-14-11-13(17(18)22)6-7-15(14)20-9-3-4-10-20/h6-7,11-12H,3-5,8-10H2,1-2H3,(H2,18,22)(H,19,21). The highest BCUT2D eigenvalue weighted by molar-refractivity contribution is 5.99. The fourth-order valence-electron chi connectivity index (χ4n) is 2.66. The molecule has 0 aromatic heterocycles. The Labute approximate surface area is 131 Å². The van der Waals surface area contributed by atoms with E-state index in [1.54, 1.807) is 12.1 Å². The second-order valence-corrected chi connectivity index (χ2v) is 6.27. The molecular formula is C17H25N3O2. The molecule has 0 atom stereocenters. The molecule has 5 heteroatoms. The van der Waals surface area contributed by atoms with Crippen molar-refractivity contribution in [3.63, 3.8) is 0 Å². The monoisotopic (exact) mass is 303 g/mol. The quantitative estimate of drug-likeness (QED) is 0.848. The number of hydrogen-bond acceptors (Lipinski definition) is 3. The molecule has 0 saturated carbocycles. The first-order chi connectivity index (χ1) is 10.5. The third-order valence-corrected chi connectivity index (χ3v) is 3.95. The zero-order chi connectivity index (χ0) is 16.1. The molecule has 1 fully saturated rings. The van der Waals surface area contributed by atoms with Gasteiger partial charge in [0.15, 0.2) is 0 Å². The summed E-state index contributed by atoms with van der Waals surface area (Å²) in [6.45, 7) is 6.14. The zero-order valence-electron chi connectivity index (χ0n) is 13.4. The van der Waals surface area contributed by atoms with Crippen LogP contribution >= 0.6 is 0 Å². The number of nitrogens with two attached hydrogens (primary N) is 1. The molecule has 2 amide bonds. The number of carbonyl (C=O) groups excluding carboxylic acids is 2. The maximum atomic E-state index is 12.1. The first-order valence-corrected chi connectivity index (χ1v) is 7.96. The fourth-order valence-corrected chi connectivity index (χ4v) is 2.66. The number of nitrogens with one attached hydrogen (secondary N) is 1. The van der Waals surface area contributed by atoms with Crippen LogP contribution in [0.25, 0.3) is 0 Å². The molecule has 0 unspecified atom stereocenters. The summed E-state index contributed by atoms with van der Waals surface area (Å²) in [5, 5.41) is 2.95. The maximum Gasteiger partial charge on any atom is 0.248 e. The van der Waals surface area contributed by atoms with Gasteiger partial charge in [-0.25, -0.2) is 0 Å². The van der Waals surface area contributed by atoms with Crippen LogP contribution in [0.5, 0.6) is 0 Å². The van der Waals surface area contributed by atoms with E-state index in [4.69, 9.17) is 5.73 Å². The Morgan fingerprint density at radius 2 is 1.95 bits per heavy atom. The Kier molecular flexibility index (Phi) is 5.41. The first-order valence-electron chi connectivity index (χ1n) is 7.96. The van der Waals surface area contributed by atoms with Crippen molar-refractivity contribution in [2.24, 2.45) is 11.7 Å². The van der Waals surface area contributed by atoms with Crippen LogP contribution in [0.2, 0.25) is 0 Å². The Balaban J connectivity index is 2.19. The van der Waals surface area contributed by atoms with Crippen molar-refractivity contribution in [1.29, 1.82) is 0 Å². The van der Waals surface area contributed by atoms with E-state index in [1.165, 1.54) is 0 Å². The number of hydrogen-bond donors (Lipinski definition) is 2. The van der Waals surface area contributed by atoms with Gasteiger partial charge in [0.1, 0.15) is 0 Å². The van der Waals surface area contributed by atoms with Gasteiger partial charge in [-0.3, -0.25) is 9.59 Å². The lowest BCUT2D eigenvalue weighted by molar-refractivity contribution is -0.116. The van der Waals surface area contributed by atoms with E-state index in [2.05, 4.69) is 24.1 Å². The van der Waals surface area contributed by atoms with Crippen molar-refractivity contribution < 1.29 is 9.59 Å². The van der Waals surface area contributed by atoms with Crippen molar-refractivity contribution in [3.05, 3.63) is 23.8 Å². The average molecular weight is 303 g/mol. The molecule has 1 aromatic rings. The molecule has 120 valence electrons. The third-order valence-electron chi connectivity index (χ3n) is 3.95. The normalized spacial score (nSPS) is 14.4. The Morgan fingerprint density at radius 1 is 1.27 bits per heavy atom. The van der Waals surface area contributed by atoms with Gasteiger partial charge in [0.05, 0.1) is 11.4 Å². The smallest absolute Gasteiger partial charge is 0.248 e. The van der Waals surface area contributed by atoms with Crippen molar-refractivity contribution in [1.82, 2.24) is 0 Å². The molecule has 2 rings (SSSR count). The number of carbonyl (C=O) groups is 2. The second kappa shape index (κ2) is 7.29. The van der Waals surface area contributed by atoms with Crippen molar-refractivity contribution >= 4 is 23.2 Å². The van der Waals surface area contributed by atoms with Crippen molar-refractivity contribution in [2.45, 2.75) is 39.5 Å². The predicted molar refractivity (Wildman–Crippen MR) is 89.1 cm³/mol. The molecule has 0 spiro atoms. The minimum atomic E-state index is -0.481. The summed E-state index contributed by atoms with van der Waals surface area (Å²) in [4.78, 5) is 25.7. The lowest BCUT2D eigenvalue weighted by Gasteiger charge is -2.22. The maximum absolute atomic E-state index is 12.1. The molecule has 1 heterocycles. The van der Waals surface area contributed by atoms with Gasteiger partial charge < -0.3 is 16.0 Å². The van der Waals surface area contributed by atoms with E-state index < -0.39 is 5.91 Å². The van der Waals surface area contributed by atoms with Gasteiger partial charge in [0, 0.05) is 25.1 Å². The summed E-state index contributed by atoms with van der Waals surface area (Å²) < 4.78 is 0. The van der Waals surface area contributed by atoms with Crippen molar-refractivity contribution in [3.8, 4) is 0 Å². The van der Waals surface area contributed by atoms with Crippen LogP contribution in [0.4, 0.5) is 11.4 Å². The zero-order valence-corrected chi connectivity index (χ0v) is 13.4. The largest absolute Gasteiger partial charge is 0.370 e. The van der Waals surface area contributed by atoms with Gasteiger partial charge in [0.25, 0.3) is 0 Å². The van der Waals surface area contributed by atoms with E-state index >= 15 is 0 Å². The summed E-state index contributed by atoms with van der Waals surface area (Å²) in [6.07, 6.45) is 3.63. The van der Waals surface area contributed by atoms with Crippen LogP contribution in [0.1, 0.15) is 49.9 Å². The molecule has 3 N–H and O–H groups in total. The molecular weight excluding hydrogens is 278 g/mol. The molecule has 0 bridgehead atoms. The summed E-state index contributed by atoms with van der Waals surface area (Å²) in [7, 11) is 0. The highest BCUT2D eigenvalue weighted by atomic mass is 16.2. The topological polar surface area (TPSA) is 75.4 Å². The van der Waals surface area contributed by atoms with Gasteiger partial charge in [-0.15, -0.1) is 0 Å². The Hall–Kier alpha value is -2.04. The SMILES string of the molecule is CC(C)CCC(=O)Nc1cc(C(N)=O)ccc1N1CCCC1. The highest BCUT2D eigenvalue weighted by Crippen LogP contribution is 2.30. The molecule has 5 nitrogen and oxygen atoms in total. The summed E-state index contributed by atoms with van der Waals surface area (Å²) >= 11 is 0. The predicted octanol–water partition coefficient (Wildman–Crippen LogP) is 2.76.